The Hall–Kier alpha value is -2.04. The summed E-state index contributed by atoms with van der Waals surface area (Å²) >= 11 is 0. The van der Waals surface area contributed by atoms with Crippen molar-refractivity contribution in [1.29, 1.82) is 0 Å². The molecule has 0 spiro atoms. The zero-order valence-corrected chi connectivity index (χ0v) is 13.1. The molecule has 2 rings (SSSR count). The van der Waals surface area contributed by atoms with Crippen LogP contribution in [-0.2, 0) is 4.79 Å². The van der Waals surface area contributed by atoms with Gasteiger partial charge in [0.05, 0.1) is 17.7 Å². The van der Waals surface area contributed by atoms with Gasteiger partial charge in [0.25, 0.3) is 5.91 Å². The molecule has 1 aliphatic rings. The van der Waals surface area contributed by atoms with Crippen molar-refractivity contribution in [3.63, 3.8) is 0 Å². The van der Waals surface area contributed by atoms with Crippen LogP contribution < -0.4 is 10.9 Å². The maximum atomic E-state index is 12.2. The van der Waals surface area contributed by atoms with Crippen LogP contribution in [0.15, 0.2) is 28.4 Å². The predicted molar refractivity (Wildman–Crippen MR) is 79.2 cm³/mol. The van der Waals surface area contributed by atoms with Crippen LogP contribution in [0.25, 0.3) is 0 Å². The second-order valence-electron chi connectivity index (χ2n) is 6.40. The van der Waals surface area contributed by atoms with Crippen LogP contribution in [0.1, 0.15) is 43.8 Å². The first kappa shape index (κ1) is 15.4. The Bertz CT molecular complexity index is 594. The third kappa shape index (κ3) is 3.01. The van der Waals surface area contributed by atoms with Crippen molar-refractivity contribution in [3.05, 3.63) is 35.3 Å². The van der Waals surface area contributed by atoms with E-state index in [9.17, 15) is 9.59 Å². The van der Waals surface area contributed by atoms with E-state index in [1.54, 1.807) is 13.0 Å². The maximum absolute atomic E-state index is 12.2. The van der Waals surface area contributed by atoms with Gasteiger partial charge in [0.15, 0.2) is 0 Å². The minimum absolute atomic E-state index is 0.0718. The monoisotopic (exact) mass is 290 g/mol. The van der Waals surface area contributed by atoms with Gasteiger partial charge in [-0.3, -0.25) is 20.4 Å². The number of hydrazine groups is 1. The number of carbonyl (C=O) groups is 2. The van der Waals surface area contributed by atoms with Gasteiger partial charge in [0.1, 0.15) is 5.76 Å². The summed E-state index contributed by atoms with van der Waals surface area (Å²) < 4.78 is 5.06. The Morgan fingerprint density at radius 2 is 1.95 bits per heavy atom. The first-order valence-electron chi connectivity index (χ1n) is 7.04. The number of hydrogen-bond donors (Lipinski definition) is 2. The van der Waals surface area contributed by atoms with Crippen molar-refractivity contribution in [2.75, 3.05) is 0 Å². The van der Waals surface area contributed by atoms with E-state index in [1.807, 2.05) is 13.8 Å². The van der Waals surface area contributed by atoms with Gasteiger partial charge in [-0.05, 0) is 38.2 Å². The average molecular weight is 290 g/mol. The lowest BCUT2D eigenvalue weighted by Gasteiger charge is -2.07. The van der Waals surface area contributed by atoms with Crippen LogP contribution in [-0.4, -0.2) is 11.8 Å². The fourth-order valence-electron chi connectivity index (χ4n) is 2.73. The number of carbonyl (C=O) groups excluding carboxylic acids is 2. The molecule has 2 amide bonds. The van der Waals surface area contributed by atoms with E-state index in [2.05, 4.69) is 30.8 Å². The summed E-state index contributed by atoms with van der Waals surface area (Å²) in [6.07, 6.45) is 3.56. The number of hydrogen-bond acceptors (Lipinski definition) is 3. The lowest BCUT2D eigenvalue weighted by molar-refractivity contribution is -0.123. The summed E-state index contributed by atoms with van der Waals surface area (Å²) in [6.45, 7) is 9.86. The van der Waals surface area contributed by atoms with Crippen LogP contribution in [0.2, 0.25) is 0 Å². The molecule has 0 aliphatic heterocycles. The number of aryl methyl sites for hydroxylation is 1. The van der Waals surface area contributed by atoms with Crippen LogP contribution in [0.3, 0.4) is 0 Å². The van der Waals surface area contributed by atoms with Gasteiger partial charge >= 0.3 is 0 Å². The van der Waals surface area contributed by atoms with E-state index in [4.69, 9.17) is 4.42 Å². The normalized spacial score (nSPS) is 22.3. The highest BCUT2D eigenvalue weighted by atomic mass is 16.3. The van der Waals surface area contributed by atoms with E-state index >= 15 is 0 Å². The molecule has 0 saturated heterocycles. The van der Waals surface area contributed by atoms with Gasteiger partial charge in [-0.25, -0.2) is 0 Å². The summed E-state index contributed by atoms with van der Waals surface area (Å²) in [5.74, 6) is 0.105. The highest BCUT2D eigenvalue weighted by Gasteiger charge is 2.60. The number of rotatable bonds is 3. The van der Waals surface area contributed by atoms with E-state index in [-0.39, 0.29) is 29.1 Å². The van der Waals surface area contributed by atoms with Gasteiger partial charge in [0, 0.05) is 0 Å². The summed E-state index contributed by atoms with van der Waals surface area (Å²) in [4.78, 5) is 24.1. The van der Waals surface area contributed by atoms with Gasteiger partial charge in [0.2, 0.25) is 5.91 Å². The third-order valence-corrected chi connectivity index (χ3v) is 4.11. The van der Waals surface area contributed by atoms with Gasteiger partial charge in [-0.1, -0.05) is 25.5 Å². The summed E-state index contributed by atoms with van der Waals surface area (Å²) in [7, 11) is 0. The molecule has 0 aromatic carbocycles. The van der Waals surface area contributed by atoms with Crippen molar-refractivity contribution >= 4 is 11.8 Å². The van der Waals surface area contributed by atoms with Gasteiger partial charge in [-0.15, -0.1) is 0 Å². The Labute approximate surface area is 124 Å². The Kier molecular flexibility index (Phi) is 3.94. The van der Waals surface area contributed by atoms with E-state index in [0.29, 0.717) is 11.3 Å². The van der Waals surface area contributed by atoms with Crippen molar-refractivity contribution in [2.45, 2.75) is 34.6 Å². The van der Waals surface area contributed by atoms with Crippen molar-refractivity contribution in [3.8, 4) is 0 Å². The molecular weight excluding hydrogens is 268 g/mol. The fraction of sp³-hybridized carbons (Fsp3) is 0.500. The Balaban J connectivity index is 1.93. The predicted octanol–water partition coefficient (Wildman–Crippen LogP) is 2.59. The van der Waals surface area contributed by atoms with E-state index in [1.165, 1.54) is 11.8 Å². The number of amides is 2. The average Bonchev–Trinajstić information content (AvgIpc) is 2.72. The van der Waals surface area contributed by atoms with Gasteiger partial charge in [-0.2, -0.15) is 0 Å². The summed E-state index contributed by atoms with van der Waals surface area (Å²) in [5.41, 5.74) is 6.50. The second kappa shape index (κ2) is 5.39. The second-order valence-corrected chi connectivity index (χ2v) is 6.40. The highest BCUT2D eigenvalue weighted by molar-refractivity contribution is 5.96. The first-order chi connectivity index (χ1) is 9.75. The zero-order valence-electron chi connectivity index (χ0n) is 13.1. The minimum Gasteiger partial charge on any atom is -0.469 e. The molecule has 2 N–H and O–H groups in total. The smallest absolute Gasteiger partial charge is 0.273 e. The topological polar surface area (TPSA) is 71.3 Å². The van der Waals surface area contributed by atoms with Crippen LogP contribution in [0.4, 0.5) is 0 Å². The quantitative estimate of drug-likeness (QED) is 0.664. The molecule has 1 aliphatic carbocycles. The Morgan fingerprint density at radius 3 is 2.48 bits per heavy atom. The zero-order chi connectivity index (χ0) is 15.8. The van der Waals surface area contributed by atoms with Crippen molar-refractivity contribution < 1.29 is 14.0 Å². The van der Waals surface area contributed by atoms with Crippen molar-refractivity contribution in [1.82, 2.24) is 10.9 Å². The largest absolute Gasteiger partial charge is 0.469 e. The summed E-state index contributed by atoms with van der Waals surface area (Å²) in [6, 6.07) is 1.57. The maximum Gasteiger partial charge on any atom is 0.273 e. The third-order valence-electron chi connectivity index (χ3n) is 4.11. The molecule has 114 valence electrons. The van der Waals surface area contributed by atoms with Crippen LogP contribution in [0, 0.1) is 24.2 Å². The molecule has 21 heavy (non-hydrogen) atoms. The molecule has 5 heteroatoms. The molecule has 1 heterocycles. The lowest BCUT2D eigenvalue weighted by Crippen LogP contribution is -2.43. The number of furan rings is 1. The lowest BCUT2D eigenvalue weighted by atomic mass is 10.1. The van der Waals surface area contributed by atoms with Crippen LogP contribution >= 0.6 is 0 Å². The van der Waals surface area contributed by atoms with Gasteiger partial charge < -0.3 is 4.42 Å². The minimum atomic E-state index is -0.369. The molecule has 1 fully saturated rings. The Morgan fingerprint density at radius 1 is 1.29 bits per heavy atom. The molecule has 1 saturated carbocycles. The van der Waals surface area contributed by atoms with E-state index in [0.717, 1.165) is 0 Å². The molecule has 0 bridgehead atoms. The SMILES string of the molecule is CC(C)=C[C@H]1[C@H](C(=O)NNC(=O)c2ccoc2C)C1(C)C. The summed E-state index contributed by atoms with van der Waals surface area (Å²) in [5, 5.41) is 0. The number of nitrogens with one attached hydrogen (secondary N) is 2. The van der Waals surface area contributed by atoms with Crippen molar-refractivity contribution in [2.24, 2.45) is 17.3 Å². The number of allylic oxidation sites excluding steroid dienone is 2. The molecule has 2 atom stereocenters. The molecule has 0 radical (unpaired) electrons. The van der Waals surface area contributed by atoms with E-state index < -0.39 is 0 Å². The molecule has 5 nitrogen and oxygen atoms in total. The van der Waals surface area contributed by atoms with Crippen LogP contribution in [0.5, 0.6) is 0 Å². The highest BCUT2D eigenvalue weighted by Crippen LogP contribution is 2.59. The molecule has 0 unspecified atom stereocenters. The fourth-order valence-corrected chi connectivity index (χ4v) is 2.73. The standard InChI is InChI=1S/C16H22N2O3/c1-9(2)8-12-13(16(12,4)5)15(20)18-17-14(19)11-6-7-21-10(11)3/h6-8,12-13H,1-5H3,(H,17,19)(H,18,20)/t12-,13+/m0/s1. The molecular formula is C16H22N2O3. The first-order valence-corrected chi connectivity index (χ1v) is 7.04. The molecule has 1 aromatic rings. The molecule has 1 aromatic heterocycles.